The van der Waals surface area contributed by atoms with Crippen LogP contribution in [0.25, 0.3) is 0 Å². The number of para-hydroxylation sites is 3. The molecule has 1 amide bonds. The molecule has 0 aromatic heterocycles. The van der Waals surface area contributed by atoms with E-state index >= 15 is 0 Å². The summed E-state index contributed by atoms with van der Waals surface area (Å²) in [5.74, 6) is -0.144. The maximum atomic E-state index is 13.4. The van der Waals surface area contributed by atoms with Crippen LogP contribution in [0.1, 0.15) is 30.5 Å². The number of hydrogen-bond acceptors (Lipinski definition) is 4. The maximum absolute atomic E-state index is 13.4. The van der Waals surface area contributed by atoms with E-state index in [1.807, 2.05) is 50.2 Å². The van der Waals surface area contributed by atoms with Crippen LogP contribution in [-0.2, 0) is 33.4 Å². The summed E-state index contributed by atoms with van der Waals surface area (Å²) in [5.41, 5.74) is 3.99. The average molecular weight is 465 g/mol. The second kappa shape index (κ2) is 9.67. The molecule has 172 valence electrons. The van der Waals surface area contributed by atoms with E-state index < -0.39 is 16.1 Å². The van der Waals surface area contributed by atoms with Gasteiger partial charge >= 0.3 is 0 Å². The summed E-state index contributed by atoms with van der Waals surface area (Å²) < 4.78 is 34.0. The number of hydrogen-bond donors (Lipinski definition) is 1. The zero-order chi connectivity index (χ0) is 23.4. The molecule has 0 radical (unpaired) electrons. The lowest BCUT2D eigenvalue weighted by molar-refractivity contribution is -0.122. The molecule has 0 fully saturated rings. The Morgan fingerprint density at radius 1 is 0.939 bits per heavy atom. The minimum Gasteiger partial charge on any atom is -0.476 e. The van der Waals surface area contributed by atoms with Crippen LogP contribution in [0.15, 0.2) is 72.8 Å². The molecule has 4 rings (SSSR count). The van der Waals surface area contributed by atoms with Crippen molar-refractivity contribution in [3.63, 3.8) is 0 Å². The molecule has 1 heterocycles. The molecule has 1 atom stereocenters. The summed E-state index contributed by atoms with van der Waals surface area (Å²) in [5, 5.41) is 3.02. The fourth-order valence-corrected chi connectivity index (χ4v) is 5.65. The first-order valence-corrected chi connectivity index (χ1v) is 12.8. The Balaban J connectivity index is 1.64. The van der Waals surface area contributed by atoms with E-state index in [1.54, 1.807) is 36.4 Å². The van der Waals surface area contributed by atoms with Gasteiger partial charge in [0.15, 0.2) is 6.10 Å². The lowest BCUT2D eigenvalue weighted by atomic mass is 10.0. The minimum absolute atomic E-state index is 0.0895. The van der Waals surface area contributed by atoms with Crippen molar-refractivity contribution in [1.82, 2.24) is 0 Å². The second-order valence-corrected chi connectivity index (χ2v) is 9.89. The standard InChI is InChI=1S/C26H28N2O4S/c1-3-20-13-10-14-21(4-2)25(20)27-26(29)24-17-28(22-15-8-9-16-23(22)32-24)33(30,31)18-19-11-6-5-7-12-19/h5-16,24H,3-4,17-18H2,1-2H3,(H,27,29). The molecule has 1 unspecified atom stereocenters. The van der Waals surface area contributed by atoms with Crippen molar-refractivity contribution in [1.29, 1.82) is 0 Å². The van der Waals surface area contributed by atoms with Crippen molar-refractivity contribution in [3.05, 3.63) is 89.5 Å². The van der Waals surface area contributed by atoms with Crippen LogP contribution in [0.5, 0.6) is 5.75 Å². The summed E-state index contributed by atoms with van der Waals surface area (Å²) >= 11 is 0. The normalized spacial score (nSPS) is 15.5. The van der Waals surface area contributed by atoms with Crippen LogP contribution >= 0.6 is 0 Å². The van der Waals surface area contributed by atoms with E-state index in [0.717, 1.165) is 29.7 Å². The Morgan fingerprint density at radius 3 is 2.24 bits per heavy atom. The van der Waals surface area contributed by atoms with Gasteiger partial charge in [-0.2, -0.15) is 0 Å². The van der Waals surface area contributed by atoms with Crippen molar-refractivity contribution >= 4 is 27.3 Å². The lowest BCUT2D eigenvalue weighted by Crippen LogP contribution is -2.49. The van der Waals surface area contributed by atoms with Gasteiger partial charge < -0.3 is 10.1 Å². The molecule has 1 N–H and O–H groups in total. The first kappa shape index (κ1) is 22.9. The van der Waals surface area contributed by atoms with Crippen molar-refractivity contribution in [2.75, 3.05) is 16.2 Å². The molecule has 3 aromatic carbocycles. The number of fused-ring (bicyclic) bond motifs is 1. The Bertz CT molecular complexity index is 1220. The van der Waals surface area contributed by atoms with E-state index in [2.05, 4.69) is 5.32 Å². The van der Waals surface area contributed by atoms with Crippen LogP contribution in [-0.4, -0.2) is 27.0 Å². The van der Waals surface area contributed by atoms with Gasteiger partial charge in [0.2, 0.25) is 10.0 Å². The number of sulfonamides is 1. The first-order chi connectivity index (χ1) is 15.9. The van der Waals surface area contributed by atoms with Gasteiger partial charge in [-0.15, -0.1) is 0 Å². The number of aryl methyl sites for hydroxylation is 2. The van der Waals surface area contributed by atoms with E-state index in [4.69, 9.17) is 4.74 Å². The van der Waals surface area contributed by atoms with Crippen LogP contribution in [0.4, 0.5) is 11.4 Å². The highest BCUT2D eigenvalue weighted by atomic mass is 32.2. The molecule has 3 aromatic rings. The predicted molar refractivity (Wildman–Crippen MR) is 131 cm³/mol. The van der Waals surface area contributed by atoms with Crippen LogP contribution in [0.3, 0.4) is 0 Å². The van der Waals surface area contributed by atoms with Gasteiger partial charge in [0.25, 0.3) is 5.91 Å². The third-order valence-electron chi connectivity index (χ3n) is 5.80. The van der Waals surface area contributed by atoms with Gasteiger partial charge in [0, 0.05) is 5.69 Å². The third kappa shape index (κ3) is 4.88. The van der Waals surface area contributed by atoms with E-state index in [-0.39, 0.29) is 18.2 Å². The second-order valence-electron chi connectivity index (χ2n) is 7.99. The topological polar surface area (TPSA) is 75.7 Å². The molecule has 1 aliphatic rings. The van der Waals surface area contributed by atoms with Gasteiger partial charge in [0.1, 0.15) is 5.75 Å². The number of amides is 1. The molecule has 7 heteroatoms. The summed E-state index contributed by atoms with van der Waals surface area (Å²) in [6.45, 7) is 3.99. The number of ether oxygens (including phenoxy) is 1. The van der Waals surface area contributed by atoms with Crippen LogP contribution in [0.2, 0.25) is 0 Å². The summed E-state index contributed by atoms with van der Waals surface area (Å²) in [6.07, 6.45) is 0.574. The molecule has 0 aliphatic carbocycles. The molecular weight excluding hydrogens is 436 g/mol. The Labute approximate surface area is 195 Å². The number of nitrogens with zero attached hydrogens (tertiary/aromatic N) is 1. The van der Waals surface area contributed by atoms with E-state index in [9.17, 15) is 13.2 Å². The molecule has 0 spiro atoms. The van der Waals surface area contributed by atoms with E-state index in [0.29, 0.717) is 17.0 Å². The van der Waals surface area contributed by atoms with Gasteiger partial charge in [0.05, 0.1) is 18.0 Å². The number of benzene rings is 3. The Kier molecular flexibility index (Phi) is 6.70. The zero-order valence-electron chi connectivity index (χ0n) is 18.8. The molecule has 1 aliphatic heterocycles. The third-order valence-corrected chi connectivity index (χ3v) is 7.52. The number of carbonyl (C=O) groups excluding carboxylic acids is 1. The number of carbonyl (C=O) groups is 1. The zero-order valence-corrected chi connectivity index (χ0v) is 19.6. The van der Waals surface area contributed by atoms with Crippen molar-refractivity contribution in [2.45, 2.75) is 38.5 Å². The predicted octanol–water partition coefficient (Wildman–Crippen LogP) is 4.55. The van der Waals surface area contributed by atoms with Gasteiger partial charge in [-0.05, 0) is 41.7 Å². The minimum atomic E-state index is -3.74. The summed E-state index contributed by atoms with van der Waals surface area (Å²) in [7, 11) is -3.74. The smallest absolute Gasteiger partial charge is 0.267 e. The largest absolute Gasteiger partial charge is 0.476 e. The fraction of sp³-hybridized carbons (Fsp3) is 0.269. The van der Waals surface area contributed by atoms with Gasteiger partial charge in [-0.25, -0.2) is 8.42 Å². The Hall–Kier alpha value is -3.32. The highest BCUT2D eigenvalue weighted by Gasteiger charge is 2.37. The van der Waals surface area contributed by atoms with Crippen molar-refractivity contribution in [3.8, 4) is 5.75 Å². The quantitative estimate of drug-likeness (QED) is 0.557. The molecule has 0 bridgehead atoms. The van der Waals surface area contributed by atoms with Crippen molar-refractivity contribution in [2.24, 2.45) is 0 Å². The first-order valence-electron chi connectivity index (χ1n) is 11.1. The van der Waals surface area contributed by atoms with Gasteiger partial charge in [-0.3, -0.25) is 9.10 Å². The highest BCUT2D eigenvalue weighted by Crippen LogP contribution is 2.36. The molecule has 0 saturated carbocycles. The van der Waals surface area contributed by atoms with E-state index in [1.165, 1.54) is 4.31 Å². The van der Waals surface area contributed by atoms with Crippen molar-refractivity contribution < 1.29 is 17.9 Å². The average Bonchev–Trinajstić information content (AvgIpc) is 2.83. The van der Waals surface area contributed by atoms with Crippen LogP contribution < -0.4 is 14.4 Å². The lowest BCUT2D eigenvalue weighted by Gasteiger charge is -2.35. The number of anilines is 2. The highest BCUT2D eigenvalue weighted by molar-refractivity contribution is 7.92. The number of nitrogens with one attached hydrogen (secondary N) is 1. The SMILES string of the molecule is CCc1cccc(CC)c1NC(=O)C1CN(S(=O)(=O)Cc2ccccc2)c2ccccc2O1. The Morgan fingerprint density at radius 2 is 1.58 bits per heavy atom. The molecule has 0 saturated heterocycles. The maximum Gasteiger partial charge on any atom is 0.267 e. The fourth-order valence-electron chi connectivity index (χ4n) is 4.07. The number of rotatable bonds is 7. The molecule has 33 heavy (non-hydrogen) atoms. The van der Waals surface area contributed by atoms with Gasteiger partial charge in [-0.1, -0.05) is 74.5 Å². The summed E-state index contributed by atoms with van der Waals surface area (Å²) in [4.78, 5) is 13.3. The summed E-state index contributed by atoms with van der Waals surface area (Å²) in [6, 6.07) is 21.9. The molecule has 6 nitrogen and oxygen atoms in total. The monoisotopic (exact) mass is 464 g/mol. The van der Waals surface area contributed by atoms with Crippen LogP contribution in [0, 0.1) is 0 Å². The molecular formula is C26H28N2O4S.